The van der Waals surface area contributed by atoms with E-state index in [1.54, 1.807) is 0 Å². The third-order valence-corrected chi connectivity index (χ3v) is 4.37. The first-order chi connectivity index (χ1) is 17.7. The number of aldehydes is 1. The second-order valence-corrected chi connectivity index (χ2v) is 6.27. The fraction of sp³-hybridized carbons (Fsp3) is 0.370. The number of benzene rings is 2. The van der Waals surface area contributed by atoms with Crippen LogP contribution in [-0.2, 0) is 12.7 Å². The monoisotopic (exact) mass is 545 g/mol. The summed E-state index contributed by atoms with van der Waals surface area (Å²) in [6, 6.07) is 9.73. The van der Waals surface area contributed by atoms with Gasteiger partial charge >= 0.3 is 6.18 Å². The number of aromatic nitrogens is 2. The molecule has 2 aromatic carbocycles. The molecule has 3 rings (SSSR count). The summed E-state index contributed by atoms with van der Waals surface area (Å²) < 4.78 is 52.7. The third kappa shape index (κ3) is 10.4. The molecule has 0 aliphatic carbocycles. The number of carbonyl (C=O) groups excluding carboxylic acids is 2. The molecule has 5 nitrogen and oxygen atoms in total. The second kappa shape index (κ2) is 19.0. The quantitative estimate of drug-likeness (QED) is 0.258. The van der Waals surface area contributed by atoms with Crippen molar-refractivity contribution in [3.8, 4) is 5.69 Å². The van der Waals surface area contributed by atoms with Crippen LogP contribution >= 0.6 is 11.6 Å². The van der Waals surface area contributed by atoms with Gasteiger partial charge in [0.05, 0.1) is 11.1 Å². The van der Waals surface area contributed by atoms with Crippen LogP contribution in [0.5, 0.6) is 0 Å². The maximum Gasteiger partial charge on any atom is 0.416 e. The first-order valence-corrected chi connectivity index (χ1v) is 12.5. The van der Waals surface area contributed by atoms with E-state index in [4.69, 9.17) is 11.6 Å². The smallest absolute Gasteiger partial charge is 0.347 e. The van der Waals surface area contributed by atoms with Crippen LogP contribution in [0.3, 0.4) is 0 Å². The van der Waals surface area contributed by atoms with E-state index in [1.165, 1.54) is 30.3 Å². The largest absolute Gasteiger partial charge is 0.416 e. The van der Waals surface area contributed by atoms with Crippen LogP contribution < -0.4 is 5.32 Å². The average molecular weight is 546 g/mol. The molecule has 37 heavy (non-hydrogen) atoms. The van der Waals surface area contributed by atoms with Crippen LogP contribution in [0.1, 0.15) is 87.4 Å². The summed E-state index contributed by atoms with van der Waals surface area (Å²) in [6.45, 7) is 15.9. The van der Waals surface area contributed by atoms with Crippen molar-refractivity contribution in [1.29, 1.82) is 0 Å². The van der Waals surface area contributed by atoms with Crippen LogP contribution in [0.15, 0.2) is 48.5 Å². The van der Waals surface area contributed by atoms with E-state index in [0.29, 0.717) is 11.8 Å². The topological polar surface area (TPSA) is 64.0 Å². The molecule has 0 atom stereocenters. The lowest BCUT2D eigenvalue weighted by Crippen LogP contribution is -2.24. The minimum absolute atomic E-state index is 0.0533. The minimum Gasteiger partial charge on any atom is -0.347 e. The Kier molecular flexibility index (Phi) is 18.4. The maximum absolute atomic E-state index is 14.0. The summed E-state index contributed by atoms with van der Waals surface area (Å²) in [5.41, 5.74) is -1.03. The number of hydrogen-bond acceptors (Lipinski definition) is 3. The van der Waals surface area contributed by atoms with Gasteiger partial charge in [0.25, 0.3) is 5.91 Å². The molecule has 0 bridgehead atoms. The number of rotatable bonds is 5. The Morgan fingerprint density at radius 2 is 1.46 bits per heavy atom. The number of hydrogen-bond donors (Lipinski definition) is 1. The first-order valence-electron chi connectivity index (χ1n) is 12.2. The molecule has 3 aromatic rings. The number of carbonyl (C=O) groups is 2. The summed E-state index contributed by atoms with van der Waals surface area (Å²) in [4.78, 5) is 23.8. The fourth-order valence-electron chi connectivity index (χ4n) is 2.54. The van der Waals surface area contributed by atoms with Crippen molar-refractivity contribution in [2.45, 2.75) is 68.1 Å². The average Bonchev–Trinajstić information content (AvgIpc) is 3.27. The van der Waals surface area contributed by atoms with E-state index >= 15 is 0 Å². The van der Waals surface area contributed by atoms with E-state index in [1.807, 2.05) is 55.4 Å². The highest BCUT2D eigenvalue weighted by atomic mass is 35.5. The van der Waals surface area contributed by atoms with Gasteiger partial charge in [0.2, 0.25) is 0 Å². The van der Waals surface area contributed by atoms with Crippen LogP contribution in [0.2, 0.25) is 5.15 Å². The Morgan fingerprint density at radius 3 is 1.92 bits per heavy atom. The normalized spacial score (nSPS) is 9.54. The van der Waals surface area contributed by atoms with Gasteiger partial charge in [-0.1, -0.05) is 91.3 Å². The molecule has 1 amide bonds. The molecule has 1 N–H and O–H groups in total. The van der Waals surface area contributed by atoms with E-state index in [9.17, 15) is 27.2 Å². The summed E-state index contributed by atoms with van der Waals surface area (Å²) >= 11 is 6.07. The Bertz CT molecular complexity index is 1070. The molecule has 0 saturated carbocycles. The predicted octanol–water partition coefficient (Wildman–Crippen LogP) is 8.53. The van der Waals surface area contributed by atoms with E-state index in [0.717, 1.165) is 22.9 Å². The lowest BCUT2D eigenvalue weighted by atomic mass is 10.1. The molecule has 0 radical (unpaired) electrons. The summed E-state index contributed by atoms with van der Waals surface area (Å²) in [7, 11) is 0. The van der Waals surface area contributed by atoms with Gasteiger partial charge in [-0.3, -0.25) is 9.59 Å². The van der Waals surface area contributed by atoms with Gasteiger partial charge in [-0.25, -0.2) is 9.07 Å². The predicted molar refractivity (Wildman–Crippen MR) is 142 cm³/mol. The zero-order valence-electron chi connectivity index (χ0n) is 22.5. The molecule has 0 saturated heterocycles. The number of amides is 1. The van der Waals surface area contributed by atoms with Crippen molar-refractivity contribution in [2.75, 3.05) is 0 Å². The lowest BCUT2D eigenvalue weighted by Gasteiger charge is -2.08. The van der Waals surface area contributed by atoms with Crippen molar-refractivity contribution in [3.05, 3.63) is 81.9 Å². The molecule has 1 heterocycles. The van der Waals surface area contributed by atoms with Crippen LogP contribution in [0.25, 0.3) is 5.69 Å². The summed E-state index contributed by atoms with van der Waals surface area (Å²) in [5, 5.41) is 6.12. The van der Waals surface area contributed by atoms with E-state index < -0.39 is 23.5 Å². The zero-order valence-corrected chi connectivity index (χ0v) is 23.3. The molecule has 0 fully saturated rings. The van der Waals surface area contributed by atoms with Crippen molar-refractivity contribution in [3.63, 3.8) is 0 Å². The number of nitrogens with one attached hydrogen (secondary N) is 1. The Hall–Kier alpha value is -3.20. The van der Waals surface area contributed by atoms with Crippen LogP contribution in [0.4, 0.5) is 17.6 Å². The number of nitrogens with zero attached hydrogens (tertiary/aromatic N) is 2. The van der Waals surface area contributed by atoms with Crippen molar-refractivity contribution >= 4 is 23.8 Å². The van der Waals surface area contributed by atoms with Crippen molar-refractivity contribution in [1.82, 2.24) is 15.1 Å². The molecule has 10 heteroatoms. The van der Waals surface area contributed by atoms with Gasteiger partial charge in [-0.05, 0) is 29.8 Å². The highest BCUT2D eigenvalue weighted by Crippen LogP contribution is 2.29. The van der Waals surface area contributed by atoms with Crippen LogP contribution in [0, 0.1) is 5.82 Å². The van der Waals surface area contributed by atoms with Crippen molar-refractivity contribution in [2.24, 2.45) is 0 Å². The lowest BCUT2D eigenvalue weighted by molar-refractivity contribution is -0.137. The molecule has 0 spiro atoms. The second-order valence-electron chi connectivity index (χ2n) is 5.91. The molecular weight excluding hydrogens is 510 g/mol. The summed E-state index contributed by atoms with van der Waals surface area (Å²) in [6.07, 6.45) is -4.14. The van der Waals surface area contributed by atoms with E-state index in [2.05, 4.69) is 10.4 Å². The third-order valence-electron chi connectivity index (χ3n) is 4.01. The minimum atomic E-state index is -4.46. The van der Waals surface area contributed by atoms with Gasteiger partial charge < -0.3 is 5.32 Å². The van der Waals surface area contributed by atoms with Gasteiger partial charge in [-0.2, -0.15) is 18.3 Å². The number of alkyl halides is 3. The van der Waals surface area contributed by atoms with Gasteiger partial charge in [0.1, 0.15) is 16.7 Å². The Morgan fingerprint density at radius 1 is 0.946 bits per heavy atom. The maximum atomic E-state index is 14.0. The highest BCUT2D eigenvalue weighted by molar-refractivity contribution is 6.33. The number of para-hydroxylation sites is 1. The molecule has 0 unspecified atom stereocenters. The molecule has 206 valence electrons. The zero-order chi connectivity index (χ0) is 29.2. The standard InChI is InChI=1S/C19H12ClF4N3O2.4C2H6/c20-17-13(10-28)16(26-27(17)15-4-2-1-3-14(15)21)18(29)25-9-11-5-7-12(8-6-11)19(22,23)24;4*1-2/h1-8,10H,9H2,(H,25,29);4*1-2H3. The molecule has 1 aromatic heterocycles. The Balaban J connectivity index is 0. The van der Waals surface area contributed by atoms with Crippen molar-refractivity contribution < 1.29 is 27.2 Å². The van der Waals surface area contributed by atoms with E-state index in [-0.39, 0.29) is 28.6 Å². The molecule has 0 aliphatic heterocycles. The van der Waals surface area contributed by atoms with Gasteiger partial charge in [-0.15, -0.1) is 0 Å². The van der Waals surface area contributed by atoms with Gasteiger partial charge in [0.15, 0.2) is 12.0 Å². The van der Waals surface area contributed by atoms with Gasteiger partial charge in [0, 0.05) is 6.54 Å². The Labute approximate surface area is 221 Å². The SMILES string of the molecule is CC.CC.CC.CC.O=Cc1c(C(=O)NCc2ccc(C(F)(F)F)cc2)nn(-c2ccccc2F)c1Cl. The summed E-state index contributed by atoms with van der Waals surface area (Å²) in [5.74, 6) is -1.45. The van der Waals surface area contributed by atoms with Crippen LogP contribution in [-0.4, -0.2) is 22.0 Å². The molecular formula is C27H36ClF4N3O2. The number of halogens is 5. The highest BCUT2D eigenvalue weighted by Gasteiger charge is 2.30. The first kappa shape index (κ1) is 36.0. The fourth-order valence-corrected chi connectivity index (χ4v) is 2.81. The molecule has 0 aliphatic rings.